The van der Waals surface area contributed by atoms with E-state index in [1.807, 2.05) is 0 Å². The van der Waals surface area contributed by atoms with Gasteiger partial charge in [-0.15, -0.1) is 0 Å². The fraction of sp³-hybridized carbons (Fsp3) is 0.636. The molecule has 4 N–H and O–H groups in total. The van der Waals surface area contributed by atoms with Crippen LogP contribution < -0.4 is 16.6 Å². The number of hydrogen-bond acceptors (Lipinski definition) is 5. The second-order valence-electron chi connectivity index (χ2n) is 4.24. The highest BCUT2D eigenvalue weighted by Crippen LogP contribution is 2.05. The molecule has 6 heteroatoms. The van der Waals surface area contributed by atoms with Gasteiger partial charge in [-0.25, -0.2) is 4.98 Å². The molecule has 1 unspecified atom stereocenters. The van der Waals surface area contributed by atoms with E-state index in [1.54, 1.807) is 0 Å². The lowest BCUT2D eigenvalue weighted by Crippen LogP contribution is -2.38. The summed E-state index contributed by atoms with van der Waals surface area (Å²) in [6.07, 6.45) is 2.91. The first kappa shape index (κ1) is 12.1. The summed E-state index contributed by atoms with van der Waals surface area (Å²) in [7, 11) is 0. The first-order valence-corrected chi connectivity index (χ1v) is 5.91. The number of anilines is 1. The molecule has 1 aromatic rings. The van der Waals surface area contributed by atoms with E-state index in [9.17, 15) is 4.79 Å². The first-order chi connectivity index (χ1) is 8.24. The zero-order valence-electron chi connectivity index (χ0n) is 9.74. The van der Waals surface area contributed by atoms with Crippen LogP contribution in [0.2, 0.25) is 0 Å². The van der Waals surface area contributed by atoms with Crippen molar-refractivity contribution in [2.45, 2.75) is 25.3 Å². The van der Waals surface area contributed by atoms with Crippen LogP contribution in [0.5, 0.6) is 0 Å². The maximum absolute atomic E-state index is 11.2. The average molecular weight is 238 g/mol. The Morgan fingerprint density at radius 1 is 1.65 bits per heavy atom. The molecule has 0 saturated carbocycles. The van der Waals surface area contributed by atoms with Crippen LogP contribution in [0.4, 0.5) is 5.82 Å². The minimum atomic E-state index is -0.200. The van der Waals surface area contributed by atoms with Crippen LogP contribution in [-0.4, -0.2) is 35.8 Å². The molecule has 1 fully saturated rings. The number of nitrogen functional groups attached to an aromatic ring is 1. The van der Waals surface area contributed by atoms with Gasteiger partial charge in [0, 0.05) is 31.7 Å². The van der Waals surface area contributed by atoms with E-state index in [-0.39, 0.29) is 11.4 Å². The van der Waals surface area contributed by atoms with Gasteiger partial charge in [0.25, 0.3) is 5.56 Å². The standard InChI is InChI=1S/C11H18N4O2/c12-9-6-11(16)15-10(14-9)3-4-13-8-2-1-5-17-7-8/h6,8,13H,1-5,7H2,(H3,12,14,15,16). The lowest BCUT2D eigenvalue weighted by molar-refractivity contribution is 0.0707. The van der Waals surface area contributed by atoms with Gasteiger partial charge in [-0.3, -0.25) is 4.79 Å². The van der Waals surface area contributed by atoms with Crippen molar-refractivity contribution in [1.82, 2.24) is 15.3 Å². The molecule has 17 heavy (non-hydrogen) atoms. The highest BCUT2D eigenvalue weighted by atomic mass is 16.5. The molecule has 94 valence electrons. The van der Waals surface area contributed by atoms with Crippen molar-refractivity contribution in [1.29, 1.82) is 0 Å². The Morgan fingerprint density at radius 3 is 3.24 bits per heavy atom. The molecule has 0 spiro atoms. The summed E-state index contributed by atoms with van der Waals surface area (Å²) in [6.45, 7) is 2.39. The second kappa shape index (κ2) is 5.79. The molecule has 0 aromatic carbocycles. The summed E-state index contributed by atoms with van der Waals surface area (Å²) in [5.41, 5.74) is 5.30. The Morgan fingerprint density at radius 2 is 2.53 bits per heavy atom. The number of H-pyrrole nitrogens is 1. The Kier molecular flexibility index (Phi) is 4.11. The molecule has 0 bridgehead atoms. The highest BCUT2D eigenvalue weighted by Gasteiger charge is 2.12. The van der Waals surface area contributed by atoms with Gasteiger partial charge in [0.05, 0.1) is 6.61 Å². The van der Waals surface area contributed by atoms with E-state index < -0.39 is 0 Å². The predicted molar refractivity (Wildman–Crippen MR) is 64.8 cm³/mol. The molecule has 6 nitrogen and oxygen atoms in total. The third kappa shape index (κ3) is 3.83. The maximum atomic E-state index is 11.2. The molecule has 1 aliphatic rings. The van der Waals surface area contributed by atoms with E-state index in [4.69, 9.17) is 10.5 Å². The molecular weight excluding hydrogens is 220 g/mol. The van der Waals surface area contributed by atoms with Gasteiger partial charge in [-0.05, 0) is 12.8 Å². The quantitative estimate of drug-likeness (QED) is 0.667. The number of ether oxygens (including phenoxy) is 1. The SMILES string of the molecule is Nc1cc(=O)[nH]c(CCNC2CCCOC2)n1. The lowest BCUT2D eigenvalue weighted by atomic mass is 10.1. The van der Waals surface area contributed by atoms with Crippen LogP contribution in [0.1, 0.15) is 18.7 Å². The highest BCUT2D eigenvalue weighted by molar-refractivity contribution is 5.25. The molecule has 1 saturated heterocycles. The van der Waals surface area contributed by atoms with Gasteiger partial charge in [0.15, 0.2) is 0 Å². The number of aromatic amines is 1. The van der Waals surface area contributed by atoms with E-state index in [0.717, 1.165) is 32.6 Å². The van der Waals surface area contributed by atoms with E-state index in [0.29, 0.717) is 18.3 Å². The van der Waals surface area contributed by atoms with Gasteiger partial charge < -0.3 is 20.8 Å². The van der Waals surface area contributed by atoms with E-state index >= 15 is 0 Å². The molecular formula is C11H18N4O2. The number of nitrogens with one attached hydrogen (secondary N) is 2. The van der Waals surface area contributed by atoms with Gasteiger partial charge in [-0.1, -0.05) is 0 Å². The topological polar surface area (TPSA) is 93.0 Å². The first-order valence-electron chi connectivity index (χ1n) is 5.91. The number of aromatic nitrogens is 2. The summed E-state index contributed by atoms with van der Waals surface area (Å²) in [5, 5.41) is 3.38. The summed E-state index contributed by atoms with van der Waals surface area (Å²) >= 11 is 0. The number of nitrogens with two attached hydrogens (primary N) is 1. The van der Waals surface area contributed by atoms with E-state index in [2.05, 4.69) is 15.3 Å². The Labute approximate surface area is 99.6 Å². The fourth-order valence-electron chi connectivity index (χ4n) is 1.94. The molecule has 1 aliphatic heterocycles. The monoisotopic (exact) mass is 238 g/mol. The van der Waals surface area contributed by atoms with Gasteiger partial charge in [0.1, 0.15) is 11.6 Å². The molecule has 2 rings (SSSR count). The van der Waals surface area contributed by atoms with Crippen LogP contribution in [0.15, 0.2) is 10.9 Å². The summed E-state index contributed by atoms with van der Waals surface area (Å²) in [4.78, 5) is 17.9. The number of rotatable bonds is 4. The Balaban J connectivity index is 1.79. The molecule has 2 heterocycles. The van der Waals surface area contributed by atoms with Gasteiger partial charge >= 0.3 is 0 Å². The fourth-order valence-corrected chi connectivity index (χ4v) is 1.94. The van der Waals surface area contributed by atoms with Crippen molar-refractivity contribution in [3.05, 3.63) is 22.2 Å². The van der Waals surface area contributed by atoms with Crippen molar-refractivity contribution in [3.8, 4) is 0 Å². The zero-order chi connectivity index (χ0) is 12.1. The van der Waals surface area contributed by atoms with Crippen molar-refractivity contribution < 1.29 is 4.74 Å². The van der Waals surface area contributed by atoms with Gasteiger partial charge in [0.2, 0.25) is 0 Å². The smallest absolute Gasteiger partial charge is 0.252 e. The second-order valence-corrected chi connectivity index (χ2v) is 4.24. The van der Waals surface area contributed by atoms with Gasteiger partial charge in [-0.2, -0.15) is 0 Å². The van der Waals surface area contributed by atoms with Crippen LogP contribution in [0.25, 0.3) is 0 Å². The largest absolute Gasteiger partial charge is 0.383 e. The molecule has 0 radical (unpaired) electrons. The normalized spacial score (nSPS) is 20.4. The summed E-state index contributed by atoms with van der Waals surface area (Å²) in [5.74, 6) is 0.893. The maximum Gasteiger partial charge on any atom is 0.252 e. The lowest BCUT2D eigenvalue weighted by Gasteiger charge is -2.23. The molecule has 1 aromatic heterocycles. The average Bonchev–Trinajstić information content (AvgIpc) is 2.29. The third-order valence-electron chi connectivity index (χ3n) is 2.77. The molecule has 0 amide bonds. The Hall–Kier alpha value is -1.40. The Bertz CT molecular complexity index is 412. The van der Waals surface area contributed by atoms with E-state index in [1.165, 1.54) is 6.07 Å². The van der Waals surface area contributed by atoms with Crippen molar-refractivity contribution in [3.63, 3.8) is 0 Å². The van der Waals surface area contributed by atoms with Crippen LogP contribution in [0, 0.1) is 0 Å². The predicted octanol–water partition coefficient (Wildman–Crippen LogP) is -0.337. The minimum Gasteiger partial charge on any atom is -0.383 e. The summed E-state index contributed by atoms with van der Waals surface area (Å²) in [6, 6.07) is 1.70. The number of hydrogen-bond donors (Lipinski definition) is 3. The van der Waals surface area contributed by atoms with Crippen LogP contribution >= 0.6 is 0 Å². The van der Waals surface area contributed by atoms with Crippen molar-refractivity contribution in [2.75, 3.05) is 25.5 Å². The van der Waals surface area contributed by atoms with Crippen molar-refractivity contribution >= 4 is 5.82 Å². The zero-order valence-corrected chi connectivity index (χ0v) is 9.74. The summed E-state index contributed by atoms with van der Waals surface area (Å²) < 4.78 is 5.37. The molecule has 1 atom stereocenters. The number of nitrogens with zero attached hydrogens (tertiary/aromatic N) is 1. The van der Waals surface area contributed by atoms with Crippen LogP contribution in [-0.2, 0) is 11.2 Å². The minimum absolute atomic E-state index is 0.200. The third-order valence-corrected chi connectivity index (χ3v) is 2.77. The molecule has 0 aliphatic carbocycles. The van der Waals surface area contributed by atoms with Crippen LogP contribution in [0.3, 0.4) is 0 Å². The van der Waals surface area contributed by atoms with Crippen molar-refractivity contribution in [2.24, 2.45) is 0 Å².